The number of hydrogen-bond donors (Lipinski definition) is 3. The number of nitrogens with one attached hydrogen (secondary N) is 1. The first-order chi connectivity index (χ1) is 9.72. The van der Waals surface area contributed by atoms with Gasteiger partial charge >= 0.3 is 0 Å². The van der Waals surface area contributed by atoms with Crippen LogP contribution in [0, 0.1) is 11.8 Å². The maximum absolute atomic E-state index is 11.9. The number of benzene rings is 1. The third kappa shape index (κ3) is 3.38. The number of thiophene rings is 1. The van der Waals surface area contributed by atoms with Gasteiger partial charge in [-0.15, -0.1) is 11.3 Å². The van der Waals surface area contributed by atoms with Crippen molar-refractivity contribution in [1.29, 1.82) is 0 Å². The Morgan fingerprint density at radius 2 is 2.10 bits per heavy atom. The van der Waals surface area contributed by atoms with Crippen LogP contribution in [-0.4, -0.2) is 22.7 Å². The summed E-state index contributed by atoms with van der Waals surface area (Å²) in [4.78, 5) is 12.9. The number of hydrogen-bond acceptors (Lipinski definition) is 4. The van der Waals surface area contributed by atoms with Crippen LogP contribution in [-0.2, 0) is 6.54 Å². The summed E-state index contributed by atoms with van der Waals surface area (Å²) in [5, 5.41) is 22.9. The predicted molar refractivity (Wildman–Crippen MR) is 77.6 cm³/mol. The summed E-state index contributed by atoms with van der Waals surface area (Å²) in [6, 6.07) is 8.23. The number of carbonyl (C=O) groups excluding carboxylic acids is 1. The second-order valence-electron chi connectivity index (χ2n) is 3.92. The number of aliphatic hydroxyl groups is 1. The van der Waals surface area contributed by atoms with E-state index in [-0.39, 0.29) is 23.8 Å². The molecule has 0 bridgehead atoms. The van der Waals surface area contributed by atoms with E-state index < -0.39 is 0 Å². The summed E-state index contributed by atoms with van der Waals surface area (Å²) in [5.74, 6) is 5.03. The van der Waals surface area contributed by atoms with Gasteiger partial charge in [-0.3, -0.25) is 4.79 Å². The van der Waals surface area contributed by atoms with Gasteiger partial charge in [-0.25, -0.2) is 0 Å². The number of phenolic OH excluding ortho intramolecular Hbond substituents is 1. The Bertz CT molecular complexity index is 667. The molecule has 2 aromatic rings. The second kappa shape index (κ2) is 6.75. The van der Waals surface area contributed by atoms with Gasteiger partial charge in [0, 0.05) is 10.4 Å². The van der Waals surface area contributed by atoms with Gasteiger partial charge in [0.05, 0.1) is 12.1 Å². The zero-order valence-electron chi connectivity index (χ0n) is 10.6. The summed E-state index contributed by atoms with van der Waals surface area (Å²) in [6.45, 7) is 0.139. The number of para-hydroxylation sites is 1. The number of phenols is 1. The van der Waals surface area contributed by atoms with Gasteiger partial charge in [0.15, 0.2) is 0 Å². The Morgan fingerprint density at radius 3 is 2.85 bits per heavy atom. The smallest absolute Gasteiger partial charge is 0.255 e. The van der Waals surface area contributed by atoms with E-state index in [2.05, 4.69) is 17.2 Å². The molecule has 4 nitrogen and oxygen atoms in total. The largest absolute Gasteiger partial charge is 0.507 e. The molecule has 0 atom stereocenters. The summed E-state index contributed by atoms with van der Waals surface area (Å²) < 4.78 is 0. The first-order valence-electron chi connectivity index (χ1n) is 5.94. The van der Waals surface area contributed by atoms with Gasteiger partial charge in [-0.05, 0) is 23.6 Å². The third-order valence-electron chi connectivity index (χ3n) is 2.61. The summed E-state index contributed by atoms with van der Waals surface area (Å²) in [6.07, 6.45) is 0. The molecule has 0 saturated heterocycles. The molecule has 0 aliphatic heterocycles. The number of aliphatic hydroxyl groups excluding tert-OH is 1. The Morgan fingerprint density at radius 1 is 1.30 bits per heavy atom. The van der Waals surface area contributed by atoms with E-state index in [9.17, 15) is 9.90 Å². The maximum Gasteiger partial charge on any atom is 0.255 e. The van der Waals surface area contributed by atoms with Gasteiger partial charge in [0.2, 0.25) is 0 Å². The van der Waals surface area contributed by atoms with Crippen molar-refractivity contribution in [3.8, 4) is 17.6 Å². The molecular weight excluding hydrogens is 274 g/mol. The Hall–Kier alpha value is -2.29. The first kappa shape index (κ1) is 14.1. The Labute approximate surface area is 120 Å². The lowest BCUT2D eigenvalue weighted by molar-refractivity contribution is 0.0948. The maximum atomic E-state index is 11.9. The van der Waals surface area contributed by atoms with Crippen molar-refractivity contribution < 1.29 is 15.0 Å². The van der Waals surface area contributed by atoms with Crippen molar-refractivity contribution >= 4 is 17.2 Å². The van der Waals surface area contributed by atoms with Crippen molar-refractivity contribution in [2.24, 2.45) is 0 Å². The number of rotatable bonds is 3. The molecule has 1 heterocycles. The standard InChI is InChI=1S/C15H13NO3S/c17-8-3-4-11-7-9-20-14(11)10-16-15(19)12-5-1-2-6-13(12)18/h1-2,5-7,9,17-18H,8,10H2,(H,16,19). The SMILES string of the molecule is O=C(NCc1sccc1C#CCO)c1ccccc1O. The lowest BCUT2D eigenvalue weighted by Crippen LogP contribution is -2.22. The van der Waals surface area contributed by atoms with Crippen LogP contribution in [0.3, 0.4) is 0 Å². The van der Waals surface area contributed by atoms with Crippen LogP contribution in [0.2, 0.25) is 0 Å². The topological polar surface area (TPSA) is 69.6 Å². The highest BCUT2D eigenvalue weighted by molar-refractivity contribution is 7.10. The zero-order chi connectivity index (χ0) is 14.4. The van der Waals surface area contributed by atoms with E-state index in [1.54, 1.807) is 18.2 Å². The molecule has 102 valence electrons. The van der Waals surface area contributed by atoms with E-state index in [1.807, 2.05) is 11.4 Å². The molecular formula is C15H13NO3S. The van der Waals surface area contributed by atoms with Crippen LogP contribution in [0.15, 0.2) is 35.7 Å². The van der Waals surface area contributed by atoms with Crippen LogP contribution < -0.4 is 5.32 Å². The van der Waals surface area contributed by atoms with Gasteiger partial charge < -0.3 is 15.5 Å². The molecule has 3 N–H and O–H groups in total. The summed E-state index contributed by atoms with van der Waals surface area (Å²) >= 11 is 1.48. The lowest BCUT2D eigenvalue weighted by atomic mass is 10.2. The molecule has 1 aromatic heterocycles. The van der Waals surface area contributed by atoms with Gasteiger partial charge in [-0.1, -0.05) is 24.0 Å². The fourth-order valence-electron chi connectivity index (χ4n) is 1.65. The van der Waals surface area contributed by atoms with Crippen LogP contribution in [0.25, 0.3) is 0 Å². The average molecular weight is 287 g/mol. The number of amides is 1. The third-order valence-corrected chi connectivity index (χ3v) is 3.53. The molecule has 0 aliphatic rings. The lowest BCUT2D eigenvalue weighted by Gasteiger charge is -2.06. The molecule has 20 heavy (non-hydrogen) atoms. The summed E-state index contributed by atoms with van der Waals surface area (Å²) in [7, 11) is 0. The molecule has 0 spiro atoms. The molecule has 5 heteroatoms. The number of carbonyl (C=O) groups is 1. The van der Waals surface area contributed by atoms with Gasteiger partial charge in [-0.2, -0.15) is 0 Å². The minimum Gasteiger partial charge on any atom is -0.507 e. The van der Waals surface area contributed by atoms with Crippen molar-refractivity contribution in [3.63, 3.8) is 0 Å². The van der Waals surface area contributed by atoms with E-state index >= 15 is 0 Å². The highest BCUT2D eigenvalue weighted by Gasteiger charge is 2.10. The Balaban J connectivity index is 2.04. The summed E-state index contributed by atoms with van der Waals surface area (Å²) in [5.41, 5.74) is 1.04. The Kier molecular flexibility index (Phi) is 4.77. The molecule has 0 fully saturated rings. The average Bonchev–Trinajstić information content (AvgIpc) is 2.90. The minimum absolute atomic E-state index is 0.0449. The van der Waals surface area contributed by atoms with Crippen molar-refractivity contribution in [2.45, 2.75) is 6.54 Å². The molecule has 0 radical (unpaired) electrons. The van der Waals surface area contributed by atoms with Crippen LogP contribution in [0.4, 0.5) is 0 Å². The van der Waals surface area contributed by atoms with Crippen molar-refractivity contribution in [1.82, 2.24) is 5.32 Å². The van der Waals surface area contributed by atoms with Gasteiger partial charge in [0.1, 0.15) is 12.4 Å². The first-order valence-corrected chi connectivity index (χ1v) is 6.82. The molecule has 0 aliphatic carbocycles. The van der Waals surface area contributed by atoms with Gasteiger partial charge in [0.25, 0.3) is 5.91 Å². The quantitative estimate of drug-likeness (QED) is 0.753. The van der Waals surface area contributed by atoms with Crippen molar-refractivity contribution in [2.75, 3.05) is 6.61 Å². The fourth-order valence-corrected chi connectivity index (χ4v) is 2.42. The van der Waals surface area contributed by atoms with E-state index in [0.717, 1.165) is 10.4 Å². The highest BCUT2D eigenvalue weighted by Crippen LogP contribution is 2.18. The monoisotopic (exact) mass is 287 g/mol. The molecule has 1 amide bonds. The second-order valence-corrected chi connectivity index (χ2v) is 4.92. The number of aromatic hydroxyl groups is 1. The van der Waals surface area contributed by atoms with Crippen LogP contribution in [0.1, 0.15) is 20.8 Å². The highest BCUT2D eigenvalue weighted by atomic mass is 32.1. The molecule has 0 unspecified atom stereocenters. The van der Waals surface area contributed by atoms with Crippen LogP contribution >= 0.6 is 11.3 Å². The fraction of sp³-hybridized carbons (Fsp3) is 0.133. The normalized spacial score (nSPS) is 9.65. The zero-order valence-corrected chi connectivity index (χ0v) is 11.4. The molecule has 1 aromatic carbocycles. The predicted octanol–water partition coefficient (Wildman–Crippen LogP) is 1.73. The van der Waals surface area contributed by atoms with E-state index in [4.69, 9.17) is 5.11 Å². The molecule has 2 rings (SSSR count). The van der Waals surface area contributed by atoms with E-state index in [0.29, 0.717) is 6.54 Å². The van der Waals surface area contributed by atoms with Crippen LogP contribution in [0.5, 0.6) is 5.75 Å². The molecule has 0 saturated carbocycles. The minimum atomic E-state index is -0.336. The van der Waals surface area contributed by atoms with E-state index in [1.165, 1.54) is 17.4 Å². The van der Waals surface area contributed by atoms with Crippen molar-refractivity contribution in [3.05, 3.63) is 51.7 Å².